The number of carbonyl (C=O) groups excluding carboxylic acids is 1. The highest BCUT2D eigenvalue weighted by Crippen LogP contribution is 2.28. The first-order chi connectivity index (χ1) is 11.5. The van der Waals surface area contributed by atoms with E-state index >= 15 is 0 Å². The molecular weight excluding hydrogens is 322 g/mol. The Bertz CT molecular complexity index is 961. The van der Waals surface area contributed by atoms with Crippen LogP contribution in [0.25, 0.3) is 10.9 Å². The number of Topliss-reactive ketones (excluding diaryl/α,β-unsaturated/α-hetero) is 1. The highest BCUT2D eigenvalue weighted by atomic mass is 35.5. The predicted molar refractivity (Wildman–Crippen MR) is 98.1 cm³/mol. The van der Waals surface area contributed by atoms with Crippen LogP contribution in [0.15, 0.2) is 53.3 Å². The fourth-order valence-electron chi connectivity index (χ4n) is 3.12. The molecule has 3 aromatic rings. The summed E-state index contributed by atoms with van der Waals surface area (Å²) in [5.41, 5.74) is 2.52. The smallest absolute Gasteiger partial charge is 0.259 e. The molecule has 1 unspecified atom stereocenters. The van der Waals surface area contributed by atoms with Crippen molar-refractivity contribution < 1.29 is 4.79 Å². The Labute approximate surface area is 145 Å². The number of nitrogens with one attached hydrogen (secondary N) is 1. The van der Waals surface area contributed by atoms with E-state index in [0.717, 1.165) is 10.9 Å². The van der Waals surface area contributed by atoms with Crippen LogP contribution in [0.1, 0.15) is 41.3 Å². The maximum atomic E-state index is 12.4. The molecule has 0 spiro atoms. The molecule has 1 N–H and O–H groups in total. The van der Waals surface area contributed by atoms with Crippen LogP contribution in [0.2, 0.25) is 5.02 Å². The third-order valence-electron chi connectivity index (χ3n) is 4.31. The summed E-state index contributed by atoms with van der Waals surface area (Å²) in [6, 6.07) is 15.4. The number of aromatic nitrogens is 1. The fourth-order valence-corrected chi connectivity index (χ4v) is 3.29. The topological polar surface area (TPSA) is 49.9 Å². The summed E-state index contributed by atoms with van der Waals surface area (Å²) in [7, 11) is 0. The summed E-state index contributed by atoms with van der Waals surface area (Å²) in [6.45, 7) is 3.52. The van der Waals surface area contributed by atoms with Gasteiger partial charge in [-0.25, -0.2) is 0 Å². The average molecular weight is 340 g/mol. The standard InChI is InChI=1S/C20H18ClNO2/c1-12(14-6-4-3-5-7-14)10-17-16-11-15(21)8-9-18(16)22-20(24)19(17)13(2)23/h3-9,11-12H,10H2,1-2H3,(H,22,24). The maximum Gasteiger partial charge on any atom is 0.259 e. The van der Waals surface area contributed by atoms with E-state index in [1.807, 2.05) is 24.3 Å². The van der Waals surface area contributed by atoms with Crippen molar-refractivity contribution in [2.24, 2.45) is 0 Å². The van der Waals surface area contributed by atoms with E-state index in [4.69, 9.17) is 11.6 Å². The summed E-state index contributed by atoms with van der Waals surface area (Å²) in [5, 5.41) is 1.41. The van der Waals surface area contributed by atoms with Crippen molar-refractivity contribution >= 4 is 28.3 Å². The third-order valence-corrected chi connectivity index (χ3v) is 4.55. The van der Waals surface area contributed by atoms with Gasteiger partial charge in [-0.15, -0.1) is 0 Å². The molecule has 0 radical (unpaired) electrons. The first-order valence-electron chi connectivity index (χ1n) is 7.87. The molecule has 0 saturated heterocycles. The lowest BCUT2D eigenvalue weighted by Gasteiger charge is -2.16. The largest absolute Gasteiger partial charge is 0.321 e. The van der Waals surface area contributed by atoms with Crippen molar-refractivity contribution in [3.8, 4) is 0 Å². The minimum absolute atomic E-state index is 0.174. The van der Waals surface area contributed by atoms with Crippen molar-refractivity contribution in [2.75, 3.05) is 0 Å². The lowest BCUT2D eigenvalue weighted by molar-refractivity contribution is 0.101. The summed E-state index contributed by atoms with van der Waals surface area (Å²) in [6.07, 6.45) is 0.597. The molecule has 0 saturated carbocycles. The SMILES string of the molecule is CC(=O)c1c(CC(C)c2ccccc2)c2cc(Cl)ccc2[nH]c1=O. The van der Waals surface area contributed by atoms with Gasteiger partial charge in [-0.2, -0.15) is 0 Å². The summed E-state index contributed by atoms with van der Waals surface area (Å²) >= 11 is 6.14. The summed E-state index contributed by atoms with van der Waals surface area (Å²) < 4.78 is 0. The van der Waals surface area contributed by atoms with Gasteiger partial charge in [0.15, 0.2) is 5.78 Å². The lowest BCUT2D eigenvalue weighted by Crippen LogP contribution is -2.20. The molecule has 0 aliphatic carbocycles. The van der Waals surface area contributed by atoms with Crippen molar-refractivity contribution in [2.45, 2.75) is 26.2 Å². The van der Waals surface area contributed by atoms with Crippen LogP contribution in [-0.4, -0.2) is 10.8 Å². The Hall–Kier alpha value is -2.39. The Morgan fingerprint density at radius 3 is 2.54 bits per heavy atom. The molecular formula is C20H18ClNO2. The van der Waals surface area contributed by atoms with Gasteiger partial charge in [0.1, 0.15) is 0 Å². The molecule has 0 fully saturated rings. The Kier molecular flexibility index (Phi) is 4.54. The molecule has 1 atom stereocenters. The van der Waals surface area contributed by atoms with Crippen LogP contribution in [0.4, 0.5) is 0 Å². The molecule has 4 heteroatoms. The first-order valence-corrected chi connectivity index (χ1v) is 8.25. The van der Waals surface area contributed by atoms with E-state index in [1.165, 1.54) is 12.5 Å². The molecule has 0 aliphatic rings. The van der Waals surface area contributed by atoms with Crippen LogP contribution in [0.3, 0.4) is 0 Å². The van der Waals surface area contributed by atoms with Gasteiger partial charge < -0.3 is 4.98 Å². The molecule has 24 heavy (non-hydrogen) atoms. The number of fused-ring (bicyclic) bond motifs is 1. The van der Waals surface area contributed by atoms with E-state index in [1.54, 1.807) is 12.1 Å². The van der Waals surface area contributed by atoms with E-state index in [-0.39, 0.29) is 22.8 Å². The van der Waals surface area contributed by atoms with Crippen molar-refractivity contribution in [1.29, 1.82) is 0 Å². The number of aromatic amines is 1. The zero-order chi connectivity index (χ0) is 17.3. The molecule has 1 heterocycles. The monoisotopic (exact) mass is 339 g/mol. The second kappa shape index (κ2) is 6.62. The molecule has 0 aliphatic heterocycles. The number of carbonyl (C=O) groups is 1. The van der Waals surface area contributed by atoms with E-state index < -0.39 is 0 Å². The molecule has 2 aromatic carbocycles. The Balaban J connectivity index is 2.20. The predicted octanol–water partition coefficient (Wildman–Crippen LogP) is 4.73. The van der Waals surface area contributed by atoms with Crippen LogP contribution >= 0.6 is 11.6 Å². The van der Waals surface area contributed by atoms with Crippen LogP contribution < -0.4 is 5.56 Å². The van der Waals surface area contributed by atoms with E-state index in [0.29, 0.717) is 17.0 Å². The average Bonchev–Trinajstić information content (AvgIpc) is 2.56. The molecule has 0 amide bonds. The number of benzene rings is 2. The highest BCUT2D eigenvalue weighted by molar-refractivity contribution is 6.31. The molecule has 122 valence electrons. The number of H-pyrrole nitrogens is 1. The zero-order valence-corrected chi connectivity index (χ0v) is 14.4. The van der Waals surface area contributed by atoms with Gasteiger partial charge in [0.25, 0.3) is 5.56 Å². The molecule has 1 aromatic heterocycles. The number of hydrogen-bond acceptors (Lipinski definition) is 2. The normalized spacial score (nSPS) is 12.3. The van der Waals surface area contributed by atoms with Crippen molar-refractivity contribution in [3.63, 3.8) is 0 Å². The lowest BCUT2D eigenvalue weighted by atomic mass is 9.89. The number of hydrogen-bond donors (Lipinski definition) is 1. The molecule has 3 rings (SSSR count). The number of ketones is 1. The summed E-state index contributed by atoms with van der Waals surface area (Å²) in [5.74, 6) is -0.0540. The van der Waals surface area contributed by atoms with E-state index in [2.05, 4.69) is 24.0 Å². The van der Waals surface area contributed by atoms with Gasteiger partial charge in [-0.3, -0.25) is 9.59 Å². The molecule has 3 nitrogen and oxygen atoms in total. The fraction of sp³-hybridized carbons (Fsp3) is 0.200. The van der Waals surface area contributed by atoms with Gasteiger partial charge in [-0.05, 0) is 48.6 Å². The number of halogens is 1. The van der Waals surface area contributed by atoms with Gasteiger partial charge in [0.2, 0.25) is 0 Å². The Morgan fingerprint density at radius 1 is 1.17 bits per heavy atom. The quantitative estimate of drug-likeness (QED) is 0.698. The number of rotatable bonds is 4. The second-order valence-corrected chi connectivity index (χ2v) is 6.51. The van der Waals surface area contributed by atoms with Gasteiger partial charge in [0.05, 0.1) is 5.56 Å². The van der Waals surface area contributed by atoms with Gasteiger partial charge in [0, 0.05) is 15.9 Å². The number of pyridine rings is 1. The molecule has 0 bridgehead atoms. The highest BCUT2D eigenvalue weighted by Gasteiger charge is 2.19. The Morgan fingerprint density at radius 2 is 1.88 bits per heavy atom. The van der Waals surface area contributed by atoms with Crippen molar-refractivity contribution in [3.05, 3.63) is 80.6 Å². The van der Waals surface area contributed by atoms with E-state index in [9.17, 15) is 9.59 Å². The van der Waals surface area contributed by atoms with Crippen LogP contribution in [0.5, 0.6) is 0 Å². The first kappa shape index (κ1) is 16.5. The van der Waals surface area contributed by atoms with Crippen molar-refractivity contribution in [1.82, 2.24) is 4.98 Å². The second-order valence-electron chi connectivity index (χ2n) is 6.07. The van der Waals surface area contributed by atoms with Crippen LogP contribution in [0, 0.1) is 0 Å². The zero-order valence-electron chi connectivity index (χ0n) is 13.6. The maximum absolute atomic E-state index is 12.4. The van der Waals surface area contributed by atoms with Gasteiger partial charge >= 0.3 is 0 Å². The minimum Gasteiger partial charge on any atom is -0.321 e. The third kappa shape index (κ3) is 3.13. The minimum atomic E-state index is -0.340. The van der Waals surface area contributed by atoms with Gasteiger partial charge in [-0.1, -0.05) is 48.9 Å². The summed E-state index contributed by atoms with van der Waals surface area (Å²) in [4.78, 5) is 27.3. The van der Waals surface area contributed by atoms with Crippen LogP contribution in [-0.2, 0) is 6.42 Å².